The summed E-state index contributed by atoms with van der Waals surface area (Å²) in [5.74, 6) is 1.90. The number of aromatic nitrogens is 2. The van der Waals surface area contributed by atoms with Gasteiger partial charge in [0.15, 0.2) is 0 Å². The molecule has 0 bridgehead atoms. The monoisotopic (exact) mass is 379 g/mol. The smallest absolute Gasteiger partial charge is 0.230 e. The summed E-state index contributed by atoms with van der Waals surface area (Å²) in [4.78, 5) is 26.4. The molecule has 6 heteroatoms. The van der Waals surface area contributed by atoms with E-state index in [1.807, 2.05) is 37.5 Å². The molecule has 2 aromatic rings. The van der Waals surface area contributed by atoms with Crippen LogP contribution < -0.4 is 10.2 Å². The second kappa shape index (κ2) is 7.78. The highest BCUT2D eigenvalue weighted by atomic mass is 16.2. The second-order valence-corrected chi connectivity index (χ2v) is 8.00. The zero-order chi connectivity index (χ0) is 19.6. The fraction of sp³-hybridized carbons (Fsp3) is 0.500. The Morgan fingerprint density at radius 2 is 1.93 bits per heavy atom. The second-order valence-electron chi connectivity index (χ2n) is 8.00. The topological polar surface area (TPSA) is 61.4 Å². The van der Waals surface area contributed by atoms with E-state index in [9.17, 15) is 4.79 Å². The Morgan fingerprint density at radius 1 is 1.18 bits per heavy atom. The van der Waals surface area contributed by atoms with Crippen molar-refractivity contribution in [1.29, 1.82) is 0 Å². The average molecular weight is 380 g/mol. The maximum Gasteiger partial charge on any atom is 0.230 e. The molecule has 1 aromatic carbocycles. The molecule has 28 heavy (non-hydrogen) atoms. The molecule has 2 saturated heterocycles. The molecule has 0 saturated carbocycles. The van der Waals surface area contributed by atoms with Crippen LogP contribution in [0.25, 0.3) is 0 Å². The molecule has 2 fully saturated rings. The lowest BCUT2D eigenvalue weighted by Gasteiger charge is -2.49. The molecular formula is C22H29N5O. The molecule has 2 aliphatic rings. The number of likely N-dealkylation sites (N-methyl/N-ethyl adjacent to an activating group) is 1. The number of rotatable bonds is 4. The molecule has 1 unspecified atom stereocenters. The third-order valence-electron chi connectivity index (χ3n) is 6.36. The summed E-state index contributed by atoms with van der Waals surface area (Å²) in [5, 5.41) is 3.08. The standard InChI is InChI=1S/C22H29N5O/c1-3-26-16-22(15-18(20(26)28)17-7-5-4-6-8-17)10-13-27(14-11-22)21-24-12-9-19(23-2)25-21/h4-9,12,18H,3,10-11,13-16H2,1-2H3,(H,23,24,25). The minimum absolute atomic E-state index is 0.0229. The molecule has 1 aromatic heterocycles. The first-order chi connectivity index (χ1) is 13.6. The minimum atomic E-state index is -0.0229. The van der Waals surface area contributed by atoms with Gasteiger partial charge in [-0.2, -0.15) is 4.98 Å². The van der Waals surface area contributed by atoms with Crippen LogP contribution in [-0.4, -0.2) is 54.0 Å². The lowest BCUT2D eigenvalue weighted by molar-refractivity contribution is -0.140. The Morgan fingerprint density at radius 3 is 2.61 bits per heavy atom. The molecule has 0 aliphatic carbocycles. The maximum atomic E-state index is 13.0. The summed E-state index contributed by atoms with van der Waals surface area (Å²) >= 11 is 0. The largest absolute Gasteiger partial charge is 0.373 e. The summed E-state index contributed by atoms with van der Waals surface area (Å²) in [6.07, 6.45) is 4.88. The van der Waals surface area contributed by atoms with Crippen molar-refractivity contribution in [2.75, 3.05) is 43.4 Å². The first-order valence-corrected chi connectivity index (χ1v) is 10.2. The van der Waals surface area contributed by atoms with Crippen LogP contribution in [0.1, 0.15) is 37.7 Å². The van der Waals surface area contributed by atoms with Crippen molar-refractivity contribution in [2.24, 2.45) is 5.41 Å². The van der Waals surface area contributed by atoms with Crippen molar-refractivity contribution in [3.05, 3.63) is 48.2 Å². The van der Waals surface area contributed by atoms with Gasteiger partial charge in [-0.25, -0.2) is 4.98 Å². The lowest BCUT2D eigenvalue weighted by atomic mass is 9.67. The van der Waals surface area contributed by atoms with E-state index in [2.05, 4.69) is 44.1 Å². The van der Waals surface area contributed by atoms with Gasteiger partial charge >= 0.3 is 0 Å². The highest BCUT2D eigenvalue weighted by molar-refractivity contribution is 5.84. The van der Waals surface area contributed by atoms with E-state index in [0.717, 1.165) is 62.8 Å². The van der Waals surface area contributed by atoms with Gasteiger partial charge in [0.2, 0.25) is 11.9 Å². The number of amides is 1. The fourth-order valence-corrected chi connectivity index (χ4v) is 4.68. The lowest BCUT2D eigenvalue weighted by Crippen LogP contribution is -2.54. The fourth-order valence-electron chi connectivity index (χ4n) is 4.68. The number of hydrogen-bond donors (Lipinski definition) is 1. The summed E-state index contributed by atoms with van der Waals surface area (Å²) in [5.41, 5.74) is 1.33. The number of piperidine rings is 2. The normalized spacial score (nSPS) is 21.8. The summed E-state index contributed by atoms with van der Waals surface area (Å²) in [6.45, 7) is 5.60. The van der Waals surface area contributed by atoms with Crippen LogP contribution >= 0.6 is 0 Å². The zero-order valence-corrected chi connectivity index (χ0v) is 16.8. The number of anilines is 2. The number of hydrogen-bond acceptors (Lipinski definition) is 5. The molecule has 6 nitrogen and oxygen atoms in total. The zero-order valence-electron chi connectivity index (χ0n) is 16.8. The molecule has 1 spiro atoms. The van der Waals surface area contributed by atoms with Crippen molar-refractivity contribution in [1.82, 2.24) is 14.9 Å². The summed E-state index contributed by atoms with van der Waals surface area (Å²) in [6, 6.07) is 12.2. The highest BCUT2D eigenvalue weighted by Crippen LogP contribution is 2.45. The molecule has 1 amide bonds. The van der Waals surface area contributed by atoms with Crippen molar-refractivity contribution in [3.63, 3.8) is 0 Å². The predicted octanol–water partition coefficient (Wildman–Crippen LogP) is 3.14. The minimum Gasteiger partial charge on any atom is -0.373 e. The van der Waals surface area contributed by atoms with E-state index in [4.69, 9.17) is 0 Å². The molecular weight excluding hydrogens is 350 g/mol. The number of nitrogens with one attached hydrogen (secondary N) is 1. The number of carbonyl (C=O) groups is 1. The van der Waals surface area contributed by atoms with Crippen LogP contribution in [0.3, 0.4) is 0 Å². The Hall–Kier alpha value is -2.63. The third-order valence-corrected chi connectivity index (χ3v) is 6.36. The Balaban J connectivity index is 1.52. The summed E-state index contributed by atoms with van der Waals surface area (Å²) < 4.78 is 0. The Kier molecular flexibility index (Phi) is 5.20. The van der Waals surface area contributed by atoms with Gasteiger partial charge in [-0.15, -0.1) is 0 Å². The van der Waals surface area contributed by atoms with Crippen molar-refractivity contribution >= 4 is 17.7 Å². The van der Waals surface area contributed by atoms with Crippen LogP contribution in [0.2, 0.25) is 0 Å². The number of benzene rings is 1. The Bertz CT molecular complexity index is 817. The first kappa shape index (κ1) is 18.7. The quantitative estimate of drug-likeness (QED) is 0.884. The van der Waals surface area contributed by atoms with E-state index in [-0.39, 0.29) is 17.2 Å². The van der Waals surface area contributed by atoms with Gasteiger partial charge in [0.25, 0.3) is 0 Å². The molecule has 2 aliphatic heterocycles. The van der Waals surface area contributed by atoms with E-state index in [1.54, 1.807) is 0 Å². The van der Waals surface area contributed by atoms with Gasteiger partial charge in [0.1, 0.15) is 5.82 Å². The molecule has 4 rings (SSSR count). The van der Waals surface area contributed by atoms with Crippen molar-refractivity contribution in [3.8, 4) is 0 Å². The maximum absolute atomic E-state index is 13.0. The van der Waals surface area contributed by atoms with Crippen molar-refractivity contribution < 1.29 is 4.79 Å². The van der Waals surface area contributed by atoms with Crippen LogP contribution in [0.5, 0.6) is 0 Å². The molecule has 0 radical (unpaired) electrons. The van der Waals surface area contributed by atoms with Gasteiger partial charge < -0.3 is 15.1 Å². The molecule has 148 valence electrons. The molecule has 1 N–H and O–H groups in total. The SMILES string of the molecule is CCN1CC2(CCN(c3nccc(NC)n3)CC2)CC(c2ccccc2)C1=O. The number of likely N-dealkylation sites (tertiary alicyclic amines) is 1. The average Bonchev–Trinajstić information content (AvgIpc) is 2.76. The van der Waals surface area contributed by atoms with Crippen molar-refractivity contribution in [2.45, 2.75) is 32.1 Å². The Labute approximate surface area is 167 Å². The van der Waals surface area contributed by atoms with Crippen LogP contribution in [0, 0.1) is 5.41 Å². The van der Waals surface area contributed by atoms with Gasteiger partial charge in [-0.3, -0.25) is 4.79 Å². The predicted molar refractivity (Wildman–Crippen MR) is 112 cm³/mol. The van der Waals surface area contributed by atoms with Gasteiger partial charge in [-0.05, 0) is 43.2 Å². The van der Waals surface area contributed by atoms with E-state index >= 15 is 0 Å². The number of carbonyl (C=O) groups excluding carboxylic acids is 1. The summed E-state index contributed by atoms with van der Waals surface area (Å²) in [7, 11) is 1.87. The molecule has 1 atom stereocenters. The van der Waals surface area contributed by atoms with Gasteiger partial charge in [-0.1, -0.05) is 30.3 Å². The molecule has 3 heterocycles. The van der Waals surface area contributed by atoms with E-state index < -0.39 is 0 Å². The third kappa shape index (κ3) is 3.55. The van der Waals surface area contributed by atoms with Crippen LogP contribution in [0.15, 0.2) is 42.6 Å². The first-order valence-electron chi connectivity index (χ1n) is 10.2. The van der Waals surface area contributed by atoms with Gasteiger partial charge in [0.05, 0.1) is 5.92 Å². The van der Waals surface area contributed by atoms with Crippen LogP contribution in [0.4, 0.5) is 11.8 Å². The van der Waals surface area contributed by atoms with Crippen LogP contribution in [-0.2, 0) is 4.79 Å². The van der Waals surface area contributed by atoms with E-state index in [1.165, 1.54) is 0 Å². The van der Waals surface area contributed by atoms with E-state index in [0.29, 0.717) is 0 Å². The van der Waals surface area contributed by atoms with Gasteiger partial charge in [0, 0.05) is 39.4 Å². The highest BCUT2D eigenvalue weighted by Gasteiger charge is 2.45. The number of nitrogens with zero attached hydrogens (tertiary/aromatic N) is 4.